The van der Waals surface area contributed by atoms with E-state index >= 15 is 0 Å². The summed E-state index contributed by atoms with van der Waals surface area (Å²) in [5, 5.41) is 21.5. The molecule has 2 fully saturated rings. The molecule has 2 N–H and O–H groups in total. The van der Waals surface area contributed by atoms with Gasteiger partial charge in [0.05, 0.1) is 12.1 Å². The number of hydrogen-bond acceptors (Lipinski definition) is 8. The van der Waals surface area contributed by atoms with E-state index in [1.165, 1.54) is 28.5 Å². The molecule has 2 aliphatic rings. The van der Waals surface area contributed by atoms with Crippen molar-refractivity contribution < 1.29 is 29.3 Å². The number of hydrogen-bond donors (Lipinski definition) is 2. The Balaban J connectivity index is 1.59. The van der Waals surface area contributed by atoms with E-state index in [2.05, 4.69) is 4.98 Å². The molecule has 1 unspecified atom stereocenters. The molecule has 3 atom stereocenters. The van der Waals surface area contributed by atoms with Gasteiger partial charge in [0.25, 0.3) is 0 Å². The van der Waals surface area contributed by atoms with Crippen LogP contribution in [0.5, 0.6) is 0 Å². The van der Waals surface area contributed by atoms with Crippen molar-refractivity contribution in [3.63, 3.8) is 0 Å². The fraction of sp³-hybridized carbons (Fsp3) is 0.682. The van der Waals surface area contributed by atoms with Crippen LogP contribution in [0, 0.1) is 5.41 Å². The standard InChI is InChI=1S/C22H32N2O6S2/c1-15-17(6-7-18(25)22(8-3-4-9-22)10-5-12-29-2)24(21(28)30-15)11-13-31-20-23-16(14-32-20)19(26)27/h6-7,14-15,17-18,25H,3-5,8-13H2,1-2H3,(H,26,27)/t15-,17-,18?/m0/s1. The van der Waals surface area contributed by atoms with E-state index in [0.29, 0.717) is 23.2 Å². The molecule has 8 nitrogen and oxygen atoms in total. The van der Waals surface area contributed by atoms with Crippen LogP contribution in [-0.2, 0) is 9.47 Å². The van der Waals surface area contributed by atoms with E-state index in [1.807, 2.05) is 19.1 Å². The second kappa shape index (κ2) is 11.5. The first-order valence-corrected chi connectivity index (χ1v) is 12.9. The summed E-state index contributed by atoms with van der Waals surface area (Å²) in [6, 6.07) is -0.249. The van der Waals surface area contributed by atoms with Crippen molar-refractivity contribution in [1.29, 1.82) is 0 Å². The predicted octanol–water partition coefficient (Wildman–Crippen LogP) is 4.05. The Kier molecular flexibility index (Phi) is 8.98. The zero-order valence-corrected chi connectivity index (χ0v) is 20.2. The topological polar surface area (TPSA) is 109 Å². The highest BCUT2D eigenvalue weighted by Crippen LogP contribution is 2.45. The lowest BCUT2D eigenvalue weighted by atomic mass is 9.76. The van der Waals surface area contributed by atoms with E-state index in [1.54, 1.807) is 12.0 Å². The maximum Gasteiger partial charge on any atom is 0.410 e. The van der Waals surface area contributed by atoms with Gasteiger partial charge in [-0.15, -0.1) is 11.3 Å². The number of rotatable bonds is 12. The number of carbonyl (C=O) groups excluding carboxylic acids is 1. The molecular formula is C22H32N2O6S2. The van der Waals surface area contributed by atoms with Gasteiger partial charge < -0.3 is 19.7 Å². The lowest BCUT2D eigenvalue weighted by molar-refractivity contribution is 0.0489. The van der Waals surface area contributed by atoms with Crippen LogP contribution in [0.3, 0.4) is 0 Å². The van der Waals surface area contributed by atoms with Crippen molar-refractivity contribution in [3.05, 3.63) is 23.2 Å². The molecule has 1 amide bonds. The minimum atomic E-state index is -1.05. The summed E-state index contributed by atoms with van der Waals surface area (Å²) in [5.74, 6) is -0.474. The normalized spacial score (nSPS) is 23.7. The van der Waals surface area contributed by atoms with Crippen LogP contribution >= 0.6 is 23.1 Å². The zero-order chi connectivity index (χ0) is 23.1. The predicted molar refractivity (Wildman–Crippen MR) is 123 cm³/mol. The molecule has 2 heterocycles. The smallest absolute Gasteiger partial charge is 0.410 e. The number of ether oxygens (including phenoxy) is 2. The molecule has 0 radical (unpaired) electrons. The number of cyclic esters (lactones) is 1. The van der Waals surface area contributed by atoms with E-state index in [0.717, 1.165) is 38.5 Å². The van der Waals surface area contributed by atoms with Crippen LogP contribution in [0.1, 0.15) is 55.9 Å². The molecule has 178 valence electrons. The van der Waals surface area contributed by atoms with Gasteiger partial charge in [0.15, 0.2) is 10.0 Å². The summed E-state index contributed by atoms with van der Waals surface area (Å²) in [4.78, 5) is 29.1. The van der Waals surface area contributed by atoms with Crippen molar-refractivity contribution >= 4 is 35.2 Å². The summed E-state index contributed by atoms with van der Waals surface area (Å²) in [6.07, 6.45) is 8.63. The minimum Gasteiger partial charge on any atom is -0.476 e. The summed E-state index contributed by atoms with van der Waals surface area (Å²) >= 11 is 2.69. The number of aliphatic hydroxyl groups excluding tert-OH is 1. The van der Waals surface area contributed by atoms with E-state index in [9.17, 15) is 14.7 Å². The maximum atomic E-state index is 12.4. The fourth-order valence-corrected chi connectivity index (χ4v) is 6.40. The summed E-state index contributed by atoms with van der Waals surface area (Å²) in [7, 11) is 1.70. The molecule has 0 bridgehead atoms. The van der Waals surface area contributed by atoms with Gasteiger partial charge >= 0.3 is 12.1 Å². The van der Waals surface area contributed by atoms with Gasteiger partial charge in [-0.05, 0) is 38.0 Å². The van der Waals surface area contributed by atoms with Crippen molar-refractivity contribution in [1.82, 2.24) is 9.88 Å². The number of nitrogens with zero attached hydrogens (tertiary/aromatic N) is 2. The molecule has 32 heavy (non-hydrogen) atoms. The number of carboxylic acids is 1. The number of aromatic nitrogens is 1. The van der Waals surface area contributed by atoms with Gasteiger partial charge in [0.2, 0.25) is 0 Å². The van der Waals surface area contributed by atoms with Gasteiger partial charge in [0, 0.05) is 31.4 Å². The third-order valence-corrected chi connectivity index (χ3v) is 8.36. The first-order chi connectivity index (χ1) is 15.4. The van der Waals surface area contributed by atoms with Gasteiger partial charge in [-0.2, -0.15) is 0 Å². The zero-order valence-electron chi connectivity index (χ0n) is 18.6. The summed E-state index contributed by atoms with van der Waals surface area (Å²) in [6.45, 7) is 2.99. The number of amides is 1. The molecule has 1 saturated carbocycles. The number of methoxy groups -OCH3 is 1. The van der Waals surface area contributed by atoms with Gasteiger partial charge in [-0.1, -0.05) is 36.8 Å². The van der Waals surface area contributed by atoms with Crippen LogP contribution in [-0.4, -0.2) is 76.4 Å². The van der Waals surface area contributed by atoms with Gasteiger partial charge in [-0.25, -0.2) is 14.6 Å². The molecule has 0 aromatic carbocycles. The van der Waals surface area contributed by atoms with Crippen molar-refractivity contribution in [2.24, 2.45) is 5.41 Å². The number of thiazole rings is 1. The molecule has 3 rings (SSSR count). The highest BCUT2D eigenvalue weighted by atomic mass is 32.2. The second-order valence-corrected chi connectivity index (χ2v) is 10.6. The van der Waals surface area contributed by atoms with E-state index < -0.39 is 12.1 Å². The Bertz CT molecular complexity index is 808. The van der Waals surface area contributed by atoms with Crippen molar-refractivity contribution in [3.8, 4) is 0 Å². The van der Waals surface area contributed by atoms with Crippen LogP contribution in [0.15, 0.2) is 21.9 Å². The van der Waals surface area contributed by atoms with Crippen LogP contribution in [0.2, 0.25) is 0 Å². The first-order valence-electron chi connectivity index (χ1n) is 11.0. The quantitative estimate of drug-likeness (QED) is 0.260. The third-order valence-electron chi connectivity index (χ3n) is 6.36. The fourth-order valence-electron chi connectivity index (χ4n) is 4.59. The van der Waals surface area contributed by atoms with Crippen LogP contribution in [0.4, 0.5) is 4.79 Å². The lowest BCUT2D eigenvalue weighted by Gasteiger charge is -2.33. The second-order valence-electron chi connectivity index (χ2n) is 8.42. The third kappa shape index (κ3) is 6.03. The number of carbonyl (C=O) groups is 2. The van der Waals surface area contributed by atoms with Crippen LogP contribution in [0.25, 0.3) is 0 Å². The Morgan fingerprint density at radius 3 is 2.91 bits per heavy atom. The molecule has 1 saturated heterocycles. The summed E-state index contributed by atoms with van der Waals surface area (Å²) in [5.41, 5.74) is -0.0809. The molecule has 1 aliphatic heterocycles. The largest absolute Gasteiger partial charge is 0.476 e. The van der Waals surface area contributed by atoms with E-state index in [-0.39, 0.29) is 29.3 Å². The van der Waals surface area contributed by atoms with E-state index in [4.69, 9.17) is 14.6 Å². The molecule has 1 aliphatic carbocycles. The molecule has 1 aromatic rings. The Morgan fingerprint density at radius 1 is 1.50 bits per heavy atom. The molecule has 0 spiro atoms. The average Bonchev–Trinajstić information content (AvgIpc) is 3.48. The monoisotopic (exact) mass is 484 g/mol. The molecule has 10 heteroatoms. The highest BCUT2D eigenvalue weighted by molar-refractivity contribution is 8.01. The Morgan fingerprint density at radius 2 is 2.25 bits per heavy atom. The highest BCUT2D eigenvalue weighted by Gasteiger charge is 2.40. The average molecular weight is 485 g/mol. The van der Waals surface area contributed by atoms with Crippen LogP contribution < -0.4 is 0 Å². The number of aromatic carboxylic acids is 1. The van der Waals surface area contributed by atoms with Gasteiger partial charge in [-0.3, -0.25) is 4.90 Å². The number of thioether (sulfide) groups is 1. The van der Waals surface area contributed by atoms with Crippen molar-refractivity contribution in [2.45, 2.75) is 68.0 Å². The van der Waals surface area contributed by atoms with Crippen molar-refractivity contribution in [2.75, 3.05) is 26.0 Å². The Hall–Kier alpha value is -1.62. The molecular weight excluding hydrogens is 452 g/mol. The maximum absolute atomic E-state index is 12.4. The number of carboxylic acid groups (broad SMARTS) is 1. The number of aliphatic hydroxyl groups is 1. The summed E-state index contributed by atoms with van der Waals surface area (Å²) < 4.78 is 11.3. The lowest BCUT2D eigenvalue weighted by Crippen LogP contribution is -2.37. The Labute approximate surface area is 197 Å². The SMILES string of the molecule is COCCCC1(C(O)C=C[C@H]2[C@H](C)OC(=O)N2CCSc2nc(C(=O)O)cs2)CCCC1. The minimum absolute atomic E-state index is 0.0350. The van der Waals surface area contributed by atoms with Gasteiger partial charge in [0.1, 0.15) is 6.10 Å². The molecule has 1 aromatic heterocycles. The first kappa shape index (κ1) is 25.0.